The lowest BCUT2D eigenvalue weighted by atomic mass is 10.5. The van der Waals surface area contributed by atoms with Crippen molar-refractivity contribution in [3.63, 3.8) is 0 Å². The Hall–Kier alpha value is -1.90. The number of nitriles is 1. The molecule has 0 fully saturated rings. The monoisotopic (exact) mass is 152 g/mol. The van der Waals surface area contributed by atoms with Crippen LogP contribution in [-0.2, 0) is 6.54 Å². The zero-order chi connectivity index (χ0) is 8.27. The fourth-order valence-electron chi connectivity index (χ4n) is 0.607. The molecule has 1 heterocycles. The summed E-state index contributed by atoms with van der Waals surface area (Å²) in [6.07, 6.45) is 1.10. The fourth-order valence-corrected chi connectivity index (χ4v) is 0.607. The van der Waals surface area contributed by atoms with Crippen molar-refractivity contribution in [3.8, 4) is 6.07 Å². The molecule has 0 saturated carbocycles. The maximum Gasteiger partial charge on any atom is 0.355 e. The van der Waals surface area contributed by atoms with E-state index in [0.29, 0.717) is 0 Å². The van der Waals surface area contributed by atoms with Gasteiger partial charge in [0.05, 0.1) is 12.3 Å². The number of rotatable bonds is 2. The lowest BCUT2D eigenvalue weighted by Crippen LogP contribution is -2.08. The summed E-state index contributed by atoms with van der Waals surface area (Å²) < 4.78 is 1.02. The summed E-state index contributed by atoms with van der Waals surface area (Å²) in [5.74, 6) is -1.13. The summed E-state index contributed by atoms with van der Waals surface area (Å²) >= 11 is 0. The first-order chi connectivity index (χ1) is 5.25. The van der Waals surface area contributed by atoms with Crippen LogP contribution < -0.4 is 0 Å². The van der Waals surface area contributed by atoms with Crippen molar-refractivity contribution < 1.29 is 9.90 Å². The summed E-state index contributed by atoms with van der Waals surface area (Å²) in [6, 6.07) is 1.76. The minimum atomic E-state index is -1.13. The van der Waals surface area contributed by atoms with Crippen molar-refractivity contribution in [1.29, 1.82) is 5.26 Å². The summed E-state index contributed by atoms with van der Waals surface area (Å²) in [7, 11) is 0. The molecule has 0 radical (unpaired) electrons. The van der Waals surface area contributed by atoms with Crippen LogP contribution in [0.4, 0.5) is 0 Å². The van der Waals surface area contributed by atoms with E-state index in [0.717, 1.165) is 10.9 Å². The van der Waals surface area contributed by atoms with Crippen molar-refractivity contribution in [3.05, 3.63) is 11.9 Å². The topological polar surface area (TPSA) is 91.8 Å². The van der Waals surface area contributed by atoms with Gasteiger partial charge in [0.15, 0.2) is 5.69 Å². The second-order valence-electron chi connectivity index (χ2n) is 1.74. The van der Waals surface area contributed by atoms with E-state index in [9.17, 15) is 4.79 Å². The van der Waals surface area contributed by atoms with Gasteiger partial charge in [-0.2, -0.15) is 5.26 Å². The van der Waals surface area contributed by atoms with Gasteiger partial charge in [-0.05, 0) is 0 Å². The lowest BCUT2D eigenvalue weighted by Gasteiger charge is -1.93. The van der Waals surface area contributed by atoms with Crippen molar-refractivity contribution in [2.24, 2.45) is 0 Å². The second-order valence-corrected chi connectivity index (χ2v) is 1.74. The molecule has 1 rings (SSSR count). The molecule has 0 unspecified atom stereocenters. The minimum absolute atomic E-state index is 0.0773. The molecule has 0 saturated heterocycles. The van der Waals surface area contributed by atoms with Gasteiger partial charge >= 0.3 is 5.97 Å². The van der Waals surface area contributed by atoms with Gasteiger partial charge in [0.25, 0.3) is 0 Å². The van der Waals surface area contributed by atoms with Crippen LogP contribution in [0.2, 0.25) is 0 Å². The Kier molecular flexibility index (Phi) is 1.83. The first-order valence-electron chi connectivity index (χ1n) is 2.74. The van der Waals surface area contributed by atoms with Crippen LogP contribution in [-0.4, -0.2) is 26.1 Å². The molecule has 6 nitrogen and oxygen atoms in total. The van der Waals surface area contributed by atoms with E-state index < -0.39 is 5.97 Å². The zero-order valence-corrected chi connectivity index (χ0v) is 5.43. The fraction of sp³-hybridized carbons (Fsp3) is 0.200. The zero-order valence-electron chi connectivity index (χ0n) is 5.43. The summed E-state index contributed by atoms with van der Waals surface area (Å²) in [5, 5.41) is 23.4. The standard InChI is InChI=1S/C5H4N4O2/c6-1-2-9-4(5(10)11)3-7-8-9/h3H,2H2,(H,10,11). The molecule has 0 amide bonds. The van der Waals surface area contributed by atoms with E-state index in [1.807, 2.05) is 0 Å². The van der Waals surface area contributed by atoms with E-state index in [4.69, 9.17) is 10.4 Å². The third-order valence-corrected chi connectivity index (χ3v) is 1.06. The molecule has 56 valence electrons. The van der Waals surface area contributed by atoms with Crippen molar-refractivity contribution in [1.82, 2.24) is 15.0 Å². The van der Waals surface area contributed by atoms with Crippen LogP contribution in [0.15, 0.2) is 6.20 Å². The molecule has 0 spiro atoms. The smallest absolute Gasteiger partial charge is 0.355 e. The Balaban J connectivity index is 2.98. The molecule has 1 N–H and O–H groups in total. The summed E-state index contributed by atoms with van der Waals surface area (Å²) in [4.78, 5) is 10.3. The molecule has 1 aromatic rings. The number of hydrogen-bond donors (Lipinski definition) is 1. The van der Waals surface area contributed by atoms with Crippen LogP contribution in [0.1, 0.15) is 10.5 Å². The molecule has 0 atom stereocenters. The summed E-state index contributed by atoms with van der Waals surface area (Å²) in [5.41, 5.74) is -0.0773. The number of carboxylic acid groups (broad SMARTS) is 1. The number of aromatic carboxylic acids is 1. The maximum atomic E-state index is 10.3. The lowest BCUT2D eigenvalue weighted by molar-refractivity contribution is 0.0684. The molecule has 0 bridgehead atoms. The molecule has 0 aliphatic heterocycles. The molecule has 0 aromatic carbocycles. The predicted molar refractivity (Wildman–Crippen MR) is 32.6 cm³/mol. The number of nitrogens with zero attached hydrogens (tertiary/aromatic N) is 4. The molecular formula is C5H4N4O2. The van der Waals surface area contributed by atoms with Gasteiger partial charge in [-0.25, -0.2) is 9.48 Å². The van der Waals surface area contributed by atoms with E-state index in [-0.39, 0.29) is 12.2 Å². The highest BCUT2D eigenvalue weighted by atomic mass is 16.4. The third-order valence-electron chi connectivity index (χ3n) is 1.06. The van der Waals surface area contributed by atoms with Crippen LogP contribution >= 0.6 is 0 Å². The van der Waals surface area contributed by atoms with E-state index >= 15 is 0 Å². The van der Waals surface area contributed by atoms with Gasteiger partial charge in [-0.15, -0.1) is 5.10 Å². The van der Waals surface area contributed by atoms with Crippen LogP contribution in [0.5, 0.6) is 0 Å². The molecule has 0 aliphatic carbocycles. The largest absolute Gasteiger partial charge is 0.476 e. The van der Waals surface area contributed by atoms with Gasteiger partial charge in [0.2, 0.25) is 0 Å². The Morgan fingerprint density at radius 3 is 3.18 bits per heavy atom. The van der Waals surface area contributed by atoms with Crippen molar-refractivity contribution >= 4 is 5.97 Å². The van der Waals surface area contributed by atoms with Crippen LogP contribution in [0, 0.1) is 11.3 Å². The third kappa shape index (κ3) is 1.32. The number of aromatic nitrogens is 3. The second kappa shape index (κ2) is 2.79. The highest BCUT2D eigenvalue weighted by Gasteiger charge is 2.09. The van der Waals surface area contributed by atoms with E-state index in [1.54, 1.807) is 6.07 Å². The predicted octanol–water partition coefficient (Wildman–Crippen LogP) is -0.500. The van der Waals surface area contributed by atoms with Crippen LogP contribution in [0.3, 0.4) is 0 Å². The van der Waals surface area contributed by atoms with Gasteiger partial charge in [-0.1, -0.05) is 5.21 Å². The molecule has 1 aromatic heterocycles. The van der Waals surface area contributed by atoms with Gasteiger partial charge < -0.3 is 5.11 Å². The first kappa shape index (κ1) is 7.21. The Labute approximate surface area is 61.7 Å². The molecular weight excluding hydrogens is 148 g/mol. The summed E-state index contributed by atoms with van der Waals surface area (Å²) in [6.45, 7) is -0.0956. The average Bonchev–Trinajstić information content (AvgIpc) is 2.36. The normalized spacial score (nSPS) is 9.00. The molecule has 11 heavy (non-hydrogen) atoms. The Morgan fingerprint density at radius 1 is 1.91 bits per heavy atom. The van der Waals surface area contributed by atoms with Crippen molar-refractivity contribution in [2.75, 3.05) is 0 Å². The number of carbonyl (C=O) groups is 1. The molecule has 6 heteroatoms. The number of carboxylic acids is 1. The van der Waals surface area contributed by atoms with E-state index in [1.165, 1.54) is 0 Å². The quantitative estimate of drug-likeness (QED) is 0.616. The highest BCUT2D eigenvalue weighted by molar-refractivity contribution is 5.85. The van der Waals surface area contributed by atoms with Gasteiger partial charge in [0.1, 0.15) is 6.54 Å². The van der Waals surface area contributed by atoms with Crippen molar-refractivity contribution in [2.45, 2.75) is 6.54 Å². The average molecular weight is 152 g/mol. The van der Waals surface area contributed by atoms with Gasteiger partial charge in [-0.3, -0.25) is 0 Å². The SMILES string of the molecule is N#CCn1nncc1C(=O)O. The highest BCUT2D eigenvalue weighted by Crippen LogP contribution is 1.94. The van der Waals surface area contributed by atoms with E-state index in [2.05, 4.69) is 10.3 Å². The minimum Gasteiger partial charge on any atom is -0.476 e. The Morgan fingerprint density at radius 2 is 2.64 bits per heavy atom. The first-order valence-corrected chi connectivity index (χ1v) is 2.74. The molecule has 0 aliphatic rings. The number of hydrogen-bond acceptors (Lipinski definition) is 4. The maximum absolute atomic E-state index is 10.3. The van der Waals surface area contributed by atoms with Crippen LogP contribution in [0.25, 0.3) is 0 Å². The Bertz CT molecular complexity index is 311. The van der Waals surface area contributed by atoms with Gasteiger partial charge in [0, 0.05) is 0 Å².